The van der Waals surface area contributed by atoms with E-state index in [9.17, 15) is 5.11 Å². The molecule has 1 aromatic heterocycles. The molecule has 2 nitrogen and oxygen atoms in total. The average Bonchev–Trinajstić information content (AvgIpc) is 2.36. The summed E-state index contributed by atoms with van der Waals surface area (Å²) < 4.78 is 5.07. The van der Waals surface area contributed by atoms with E-state index in [-0.39, 0.29) is 6.10 Å². The normalized spacial score (nSPS) is 13.4. The summed E-state index contributed by atoms with van der Waals surface area (Å²) in [5.41, 5.74) is 0.923. The van der Waals surface area contributed by atoms with Crippen LogP contribution in [-0.2, 0) is 0 Å². The molecule has 0 saturated heterocycles. The zero-order valence-electron chi connectivity index (χ0n) is 7.00. The first kappa shape index (κ1) is 8.34. The first-order valence-electron chi connectivity index (χ1n) is 3.97. The van der Waals surface area contributed by atoms with E-state index in [1.54, 1.807) is 6.26 Å². The van der Waals surface area contributed by atoms with Crippen LogP contribution in [0.4, 0.5) is 0 Å². The Bertz CT molecular complexity index is 215. The average molecular weight is 154 g/mol. The maximum absolute atomic E-state index is 9.53. The molecular weight excluding hydrogens is 140 g/mol. The fraction of sp³-hybridized carbons (Fsp3) is 0.556. The highest BCUT2D eigenvalue weighted by Gasteiger charge is 2.10. The number of hydrogen-bond donors (Lipinski definition) is 1. The van der Waals surface area contributed by atoms with Crippen molar-refractivity contribution >= 4 is 0 Å². The van der Waals surface area contributed by atoms with Crippen molar-refractivity contribution in [2.24, 2.45) is 0 Å². The summed E-state index contributed by atoms with van der Waals surface area (Å²) in [5, 5.41) is 9.53. The van der Waals surface area contributed by atoms with E-state index in [2.05, 4.69) is 6.92 Å². The van der Waals surface area contributed by atoms with E-state index in [0.29, 0.717) is 0 Å². The number of hydrogen-bond acceptors (Lipinski definition) is 2. The Labute approximate surface area is 66.8 Å². The quantitative estimate of drug-likeness (QED) is 0.725. The van der Waals surface area contributed by atoms with Gasteiger partial charge in [-0.05, 0) is 19.4 Å². The summed E-state index contributed by atoms with van der Waals surface area (Å²) in [7, 11) is 0. The maximum atomic E-state index is 9.53. The van der Waals surface area contributed by atoms with Crippen LogP contribution >= 0.6 is 0 Å². The number of aliphatic hydroxyl groups excluding tert-OH is 1. The predicted octanol–water partition coefficient (Wildman–Crippen LogP) is 2.42. The number of aliphatic hydroxyl groups is 1. The Morgan fingerprint density at radius 1 is 1.64 bits per heavy atom. The summed E-state index contributed by atoms with van der Waals surface area (Å²) >= 11 is 0. The van der Waals surface area contributed by atoms with Gasteiger partial charge in [-0.2, -0.15) is 0 Å². The minimum absolute atomic E-state index is 0.348. The zero-order chi connectivity index (χ0) is 8.27. The van der Waals surface area contributed by atoms with Gasteiger partial charge in [0.25, 0.3) is 0 Å². The molecule has 0 bridgehead atoms. The maximum Gasteiger partial charge on any atom is 0.106 e. The van der Waals surface area contributed by atoms with Crippen molar-refractivity contribution in [3.05, 3.63) is 23.7 Å². The van der Waals surface area contributed by atoms with Crippen molar-refractivity contribution in [2.45, 2.75) is 32.8 Å². The van der Waals surface area contributed by atoms with Gasteiger partial charge in [-0.25, -0.2) is 0 Å². The smallest absolute Gasteiger partial charge is 0.106 e. The van der Waals surface area contributed by atoms with Crippen LogP contribution in [0.2, 0.25) is 0 Å². The van der Waals surface area contributed by atoms with Crippen LogP contribution in [0.3, 0.4) is 0 Å². The molecule has 0 spiro atoms. The second-order valence-corrected chi connectivity index (χ2v) is 2.74. The monoisotopic (exact) mass is 154 g/mol. The molecule has 0 aliphatic rings. The van der Waals surface area contributed by atoms with E-state index in [4.69, 9.17) is 4.42 Å². The van der Waals surface area contributed by atoms with Gasteiger partial charge in [0.2, 0.25) is 0 Å². The first-order chi connectivity index (χ1) is 5.25. The topological polar surface area (TPSA) is 33.4 Å². The van der Waals surface area contributed by atoms with E-state index >= 15 is 0 Å². The van der Waals surface area contributed by atoms with E-state index < -0.39 is 0 Å². The largest absolute Gasteiger partial charge is 0.469 e. The highest BCUT2D eigenvalue weighted by Crippen LogP contribution is 2.21. The Morgan fingerprint density at radius 2 is 2.36 bits per heavy atom. The molecule has 1 rings (SSSR count). The molecule has 0 radical (unpaired) electrons. The number of furan rings is 1. The van der Waals surface area contributed by atoms with Crippen molar-refractivity contribution in [3.8, 4) is 0 Å². The van der Waals surface area contributed by atoms with E-state index in [1.807, 2.05) is 13.0 Å². The van der Waals surface area contributed by atoms with Crippen LogP contribution in [0, 0.1) is 6.92 Å². The lowest BCUT2D eigenvalue weighted by atomic mass is 10.1. The summed E-state index contributed by atoms with van der Waals surface area (Å²) in [5.74, 6) is 0.825. The molecule has 0 aromatic carbocycles. The molecular formula is C9H14O2. The van der Waals surface area contributed by atoms with Crippen LogP contribution in [0.5, 0.6) is 0 Å². The van der Waals surface area contributed by atoms with Crippen LogP contribution in [-0.4, -0.2) is 5.11 Å². The SMILES string of the molecule is CCC[C@@H](O)c1ccoc1C. The predicted molar refractivity (Wildman–Crippen MR) is 43.3 cm³/mol. The zero-order valence-corrected chi connectivity index (χ0v) is 7.00. The van der Waals surface area contributed by atoms with Gasteiger partial charge in [0.1, 0.15) is 5.76 Å². The molecule has 1 N–H and O–H groups in total. The Kier molecular flexibility index (Phi) is 2.71. The van der Waals surface area contributed by atoms with Gasteiger partial charge in [0.15, 0.2) is 0 Å². The highest BCUT2D eigenvalue weighted by atomic mass is 16.3. The van der Waals surface area contributed by atoms with Crippen LogP contribution in [0.1, 0.15) is 37.2 Å². The van der Waals surface area contributed by atoms with Crippen LogP contribution in [0.25, 0.3) is 0 Å². The third-order valence-corrected chi connectivity index (χ3v) is 1.82. The minimum atomic E-state index is -0.348. The molecule has 1 atom stereocenters. The molecule has 0 saturated carbocycles. The van der Waals surface area contributed by atoms with Gasteiger partial charge in [0, 0.05) is 5.56 Å². The Morgan fingerprint density at radius 3 is 2.82 bits per heavy atom. The van der Waals surface area contributed by atoms with Gasteiger partial charge in [-0.15, -0.1) is 0 Å². The van der Waals surface area contributed by atoms with Gasteiger partial charge in [-0.1, -0.05) is 13.3 Å². The molecule has 1 heterocycles. The second kappa shape index (κ2) is 3.58. The van der Waals surface area contributed by atoms with Gasteiger partial charge < -0.3 is 9.52 Å². The summed E-state index contributed by atoms with van der Waals surface area (Å²) in [6.07, 6.45) is 3.06. The second-order valence-electron chi connectivity index (χ2n) is 2.74. The minimum Gasteiger partial charge on any atom is -0.469 e. The van der Waals surface area contributed by atoms with E-state index in [0.717, 1.165) is 24.2 Å². The van der Waals surface area contributed by atoms with Crippen molar-refractivity contribution in [2.75, 3.05) is 0 Å². The molecule has 0 amide bonds. The highest BCUT2D eigenvalue weighted by molar-refractivity contribution is 5.18. The standard InChI is InChI=1S/C9H14O2/c1-3-4-9(10)8-5-6-11-7(8)2/h5-6,9-10H,3-4H2,1-2H3/t9-/m1/s1. The van der Waals surface area contributed by atoms with Crippen molar-refractivity contribution < 1.29 is 9.52 Å². The molecule has 0 fully saturated rings. The third kappa shape index (κ3) is 1.84. The fourth-order valence-electron chi connectivity index (χ4n) is 1.17. The summed E-state index contributed by atoms with van der Waals surface area (Å²) in [6.45, 7) is 3.92. The van der Waals surface area contributed by atoms with Crippen molar-refractivity contribution in [3.63, 3.8) is 0 Å². The summed E-state index contributed by atoms with van der Waals surface area (Å²) in [4.78, 5) is 0. The van der Waals surface area contributed by atoms with E-state index in [1.165, 1.54) is 0 Å². The van der Waals surface area contributed by atoms with Gasteiger partial charge in [-0.3, -0.25) is 0 Å². The van der Waals surface area contributed by atoms with Gasteiger partial charge >= 0.3 is 0 Å². The van der Waals surface area contributed by atoms with Crippen LogP contribution < -0.4 is 0 Å². The lowest BCUT2D eigenvalue weighted by Crippen LogP contribution is -1.95. The molecule has 2 heteroatoms. The Hall–Kier alpha value is -0.760. The summed E-state index contributed by atoms with van der Waals surface area (Å²) in [6, 6.07) is 1.83. The molecule has 0 aliphatic heterocycles. The fourth-order valence-corrected chi connectivity index (χ4v) is 1.17. The number of rotatable bonds is 3. The van der Waals surface area contributed by atoms with Crippen molar-refractivity contribution in [1.82, 2.24) is 0 Å². The molecule has 0 aliphatic carbocycles. The molecule has 11 heavy (non-hydrogen) atoms. The molecule has 0 unspecified atom stereocenters. The molecule has 62 valence electrons. The molecule has 1 aromatic rings. The lowest BCUT2D eigenvalue weighted by Gasteiger charge is -2.06. The van der Waals surface area contributed by atoms with Gasteiger partial charge in [0.05, 0.1) is 12.4 Å². The number of aryl methyl sites for hydroxylation is 1. The first-order valence-corrected chi connectivity index (χ1v) is 3.97. The lowest BCUT2D eigenvalue weighted by molar-refractivity contribution is 0.164. The third-order valence-electron chi connectivity index (χ3n) is 1.82. The Balaban J connectivity index is 2.67. The van der Waals surface area contributed by atoms with Crippen molar-refractivity contribution in [1.29, 1.82) is 0 Å². The van der Waals surface area contributed by atoms with Crippen LogP contribution in [0.15, 0.2) is 16.7 Å².